The predicted octanol–water partition coefficient (Wildman–Crippen LogP) is -2.07. The van der Waals surface area contributed by atoms with E-state index in [1.807, 2.05) is 0 Å². The zero-order valence-corrected chi connectivity index (χ0v) is 12.1. The van der Waals surface area contributed by atoms with E-state index in [1.54, 1.807) is 4.57 Å². The number of nitrogens with zero attached hydrogens (tertiary/aromatic N) is 4. The highest BCUT2D eigenvalue weighted by Crippen LogP contribution is 2.33. The first-order valence-electron chi connectivity index (χ1n) is 6.98. The molecule has 11 heteroatoms. The van der Waals surface area contributed by atoms with Crippen molar-refractivity contribution in [1.29, 1.82) is 0 Å². The maximum atomic E-state index is 10.3. The largest absolute Gasteiger partial charge is 0.394 e. The number of ether oxygens (including phenoxy) is 2. The molecule has 3 rings (SSSR count). The number of nitrogen functional groups attached to an aromatic ring is 1. The van der Waals surface area contributed by atoms with Gasteiger partial charge in [0, 0.05) is 0 Å². The number of nitrogens with two attached hydrogens (primary N) is 2. The van der Waals surface area contributed by atoms with Gasteiger partial charge in [0.2, 0.25) is 0 Å². The molecule has 1 aliphatic heterocycles. The number of fused-ring (bicyclic) bond motifs is 1. The molecule has 3 heterocycles. The van der Waals surface area contributed by atoms with Crippen LogP contribution in [0.25, 0.3) is 11.2 Å². The maximum absolute atomic E-state index is 10.3. The summed E-state index contributed by atoms with van der Waals surface area (Å²) in [6.07, 6.45) is -0.527. The summed E-state index contributed by atoms with van der Waals surface area (Å²) >= 11 is 0. The standard InChI is InChI=1S/C12H18N6O5/c13-10-7-11(16-4-15-10)18(5-17-7)12-9(21-1-2-22-14)8(20)6(3-19)23-12/h4-6,8-9,12,19-20H,1-3,14H2,(H2,13,15,16)/t6-,8-,9-,12-/m1/s1. The van der Waals surface area contributed by atoms with E-state index in [0.29, 0.717) is 11.2 Å². The van der Waals surface area contributed by atoms with Crippen molar-refractivity contribution < 1.29 is 24.5 Å². The first-order chi connectivity index (χ1) is 11.2. The van der Waals surface area contributed by atoms with Crippen LogP contribution in [0.4, 0.5) is 5.82 Å². The third-order valence-electron chi connectivity index (χ3n) is 3.67. The molecular weight excluding hydrogens is 308 g/mol. The number of imidazole rings is 1. The van der Waals surface area contributed by atoms with Crippen LogP contribution in [0, 0.1) is 0 Å². The van der Waals surface area contributed by atoms with Crippen LogP contribution in [0.2, 0.25) is 0 Å². The highest BCUT2D eigenvalue weighted by molar-refractivity contribution is 5.81. The van der Waals surface area contributed by atoms with Crippen molar-refractivity contribution in [3.63, 3.8) is 0 Å². The molecule has 0 unspecified atom stereocenters. The molecule has 2 aromatic heterocycles. The van der Waals surface area contributed by atoms with Gasteiger partial charge in [-0.2, -0.15) is 0 Å². The smallest absolute Gasteiger partial charge is 0.167 e. The number of aliphatic hydroxyl groups is 2. The lowest BCUT2D eigenvalue weighted by molar-refractivity contribution is -0.0815. The minimum Gasteiger partial charge on any atom is -0.394 e. The fourth-order valence-corrected chi connectivity index (χ4v) is 2.56. The van der Waals surface area contributed by atoms with Crippen molar-refractivity contribution in [3.8, 4) is 0 Å². The number of aliphatic hydroxyl groups excluding tert-OH is 2. The fraction of sp³-hybridized carbons (Fsp3) is 0.583. The van der Waals surface area contributed by atoms with Gasteiger partial charge in [-0.3, -0.25) is 4.57 Å². The molecule has 1 aliphatic rings. The lowest BCUT2D eigenvalue weighted by Gasteiger charge is -2.21. The molecule has 6 N–H and O–H groups in total. The zero-order chi connectivity index (χ0) is 16.4. The lowest BCUT2D eigenvalue weighted by Crippen LogP contribution is -2.36. The van der Waals surface area contributed by atoms with Crippen molar-refractivity contribution in [2.45, 2.75) is 24.5 Å². The second-order valence-electron chi connectivity index (χ2n) is 5.03. The molecular formula is C12H18N6O5. The van der Waals surface area contributed by atoms with E-state index in [4.69, 9.17) is 21.1 Å². The van der Waals surface area contributed by atoms with Gasteiger partial charge in [0.25, 0.3) is 0 Å². The van der Waals surface area contributed by atoms with E-state index in [1.165, 1.54) is 12.7 Å². The monoisotopic (exact) mass is 326 g/mol. The van der Waals surface area contributed by atoms with Gasteiger partial charge in [-0.05, 0) is 0 Å². The molecule has 126 valence electrons. The molecule has 2 aromatic rings. The molecule has 0 saturated carbocycles. The number of rotatable bonds is 6. The Morgan fingerprint density at radius 1 is 1.30 bits per heavy atom. The van der Waals surface area contributed by atoms with Gasteiger partial charge in [-0.15, -0.1) is 0 Å². The first-order valence-corrected chi connectivity index (χ1v) is 6.98. The number of hydrogen-bond acceptors (Lipinski definition) is 10. The molecule has 0 radical (unpaired) electrons. The SMILES string of the molecule is NOCCO[C@@H]1[C@H](O)[C@@H](CO)O[C@H]1n1cnc2c(N)ncnc21. The second kappa shape index (κ2) is 6.70. The summed E-state index contributed by atoms with van der Waals surface area (Å²) in [5.74, 6) is 5.20. The molecule has 0 bridgehead atoms. The average molecular weight is 326 g/mol. The molecule has 1 fully saturated rings. The summed E-state index contributed by atoms with van der Waals surface area (Å²) in [6.45, 7) is -0.0474. The molecule has 0 spiro atoms. The van der Waals surface area contributed by atoms with Crippen LogP contribution >= 0.6 is 0 Å². The number of hydrogen-bond donors (Lipinski definition) is 4. The summed E-state index contributed by atoms with van der Waals surface area (Å²) in [5.41, 5.74) is 6.62. The van der Waals surface area contributed by atoms with Gasteiger partial charge in [-0.25, -0.2) is 20.8 Å². The van der Waals surface area contributed by atoms with E-state index >= 15 is 0 Å². The van der Waals surface area contributed by atoms with Gasteiger partial charge in [0.15, 0.2) is 17.7 Å². The Morgan fingerprint density at radius 2 is 2.13 bits per heavy atom. The predicted molar refractivity (Wildman–Crippen MR) is 76.6 cm³/mol. The second-order valence-corrected chi connectivity index (χ2v) is 5.03. The highest BCUT2D eigenvalue weighted by Gasteiger charge is 2.45. The Morgan fingerprint density at radius 3 is 2.87 bits per heavy atom. The quantitative estimate of drug-likeness (QED) is 0.342. The molecule has 11 nitrogen and oxygen atoms in total. The van der Waals surface area contributed by atoms with E-state index in [-0.39, 0.29) is 25.6 Å². The van der Waals surface area contributed by atoms with E-state index in [2.05, 4.69) is 19.8 Å². The van der Waals surface area contributed by atoms with Crippen LogP contribution in [0.3, 0.4) is 0 Å². The van der Waals surface area contributed by atoms with Crippen molar-refractivity contribution in [2.24, 2.45) is 5.90 Å². The summed E-state index contributed by atoms with van der Waals surface area (Å²) < 4.78 is 12.9. The number of anilines is 1. The fourth-order valence-electron chi connectivity index (χ4n) is 2.56. The minimum absolute atomic E-state index is 0.152. The van der Waals surface area contributed by atoms with E-state index < -0.39 is 24.5 Å². The maximum Gasteiger partial charge on any atom is 0.167 e. The summed E-state index contributed by atoms with van der Waals surface area (Å²) in [7, 11) is 0. The first kappa shape index (κ1) is 16.0. The van der Waals surface area contributed by atoms with Crippen LogP contribution in [0.15, 0.2) is 12.7 Å². The third-order valence-corrected chi connectivity index (χ3v) is 3.67. The summed E-state index contributed by atoms with van der Waals surface area (Å²) in [6, 6.07) is 0. The average Bonchev–Trinajstić information content (AvgIpc) is 3.10. The van der Waals surface area contributed by atoms with Crippen molar-refractivity contribution in [2.75, 3.05) is 25.6 Å². The molecule has 0 aliphatic carbocycles. The third kappa shape index (κ3) is 2.85. The van der Waals surface area contributed by atoms with Gasteiger partial charge in [-0.1, -0.05) is 0 Å². The Kier molecular flexibility index (Phi) is 4.66. The minimum atomic E-state index is -1.03. The van der Waals surface area contributed by atoms with Crippen LogP contribution in [-0.2, 0) is 14.3 Å². The topological polar surface area (TPSA) is 164 Å². The Balaban J connectivity index is 1.92. The van der Waals surface area contributed by atoms with Gasteiger partial charge < -0.3 is 30.3 Å². The van der Waals surface area contributed by atoms with Gasteiger partial charge >= 0.3 is 0 Å². The molecule has 1 saturated heterocycles. The molecule has 0 aromatic carbocycles. The van der Waals surface area contributed by atoms with Crippen LogP contribution in [0.1, 0.15) is 6.23 Å². The Labute approximate surface area is 130 Å². The lowest BCUT2D eigenvalue weighted by atomic mass is 10.1. The van der Waals surface area contributed by atoms with E-state index in [0.717, 1.165) is 0 Å². The van der Waals surface area contributed by atoms with Crippen LogP contribution in [0.5, 0.6) is 0 Å². The highest BCUT2D eigenvalue weighted by atomic mass is 16.6. The number of aromatic nitrogens is 4. The molecule has 4 atom stereocenters. The zero-order valence-electron chi connectivity index (χ0n) is 12.1. The summed E-state index contributed by atoms with van der Waals surface area (Å²) in [4.78, 5) is 16.6. The van der Waals surface area contributed by atoms with Crippen molar-refractivity contribution >= 4 is 17.0 Å². The normalized spacial score (nSPS) is 27.8. The van der Waals surface area contributed by atoms with Crippen LogP contribution in [-0.4, -0.2) is 67.9 Å². The van der Waals surface area contributed by atoms with Crippen molar-refractivity contribution in [1.82, 2.24) is 19.5 Å². The van der Waals surface area contributed by atoms with Crippen LogP contribution < -0.4 is 11.6 Å². The van der Waals surface area contributed by atoms with Crippen molar-refractivity contribution in [3.05, 3.63) is 12.7 Å². The molecule has 23 heavy (non-hydrogen) atoms. The Bertz CT molecular complexity index is 666. The van der Waals surface area contributed by atoms with E-state index in [9.17, 15) is 10.2 Å². The Hall–Kier alpha value is -1.89. The van der Waals surface area contributed by atoms with Gasteiger partial charge in [0.1, 0.15) is 30.2 Å². The molecule has 0 amide bonds. The van der Waals surface area contributed by atoms with Gasteiger partial charge in [0.05, 0.1) is 26.1 Å². The summed E-state index contributed by atoms with van der Waals surface area (Å²) in [5, 5.41) is 19.6.